The molecular weight excluding hydrogens is 418 g/mol. The van der Waals surface area contributed by atoms with Crippen LogP contribution < -0.4 is 15.8 Å². The summed E-state index contributed by atoms with van der Waals surface area (Å²) in [5.74, 6) is -1.28. The highest BCUT2D eigenvalue weighted by molar-refractivity contribution is 6.05. The molecule has 166 valence electrons. The van der Waals surface area contributed by atoms with Gasteiger partial charge in [0.25, 0.3) is 5.91 Å². The number of fused-ring (bicyclic) bond motifs is 1. The van der Waals surface area contributed by atoms with Crippen molar-refractivity contribution in [3.05, 3.63) is 90.3 Å². The van der Waals surface area contributed by atoms with Crippen LogP contribution in [0.1, 0.15) is 28.8 Å². The number of aromatic nitrogens is 2. The largest absolute Gasteiger partial charge is 0.348 e. The number of hydrogen-bond donors (Lipinski definition) is 2. The summed E-state index contributed by atoms with van der Waals surface area (Å²) in [7, 11) is 0. The van der Waals surface area contributed by atoms with Crippen molar-refractivity contribution in [1.29, 1.82) is 0 Å². The van der Waals surface area contributed by atoms with E-state index in [9.17, 15) is 14.4 Å². The van der Waals surface area contributed by atoms with Gasteiger partial charge >= 0.3 is 0 Å². The van der Waals surface area contributed by atoms with Crippen LogP contribution in [0.25, 0.3) is 5.69 Å². The molecule has 1 aliphatic heterocycles. The number of benzene rings is 2. The number of allylic oxidation sites excluding steroid dienone is 2. The molecule has 8 nitrogen and oxygen atoms in total. The number of nitrogens with zero attached hydrogens (tertiary/aromatic N) is 3. The van der Waals surface area contributed by atoms with E-state index in [1.165, 1.54) is 5.01 Å². The summed E-state index contributed by atoms with van der Waals surface area (Å²) < 4.78 is 1.76. The summed E-state index contributed by atoms with van der Waals surface area (Å²) in [6, 6.07) is 16.3. The zero-order valence-electron chi connectivity index (χ0n) is 17.8. The fraction of sp³-hybridized carbons (Fsp3) is 0.200. The maximum absolute atomic E-state index is 13.0. The molecule has 0 spiro atoms. The molecule has 2 aliphatic rings. The summed E-state index contributed by atoms with van der Waals surface area (Å²) in [5, 5.41) is 8.37. The number of hydrogen-bond acceptors (Lipinski definition) is 4. The zero-order chi connectivity index (χ0) is 22.8. The predicted molar refractivity (Wildman–Crippen MR) is 122 cm³/mol. The Balaban J connectivity index is 1.26. The molecular formula is C25H23N5O3. The third kappa shape index (κ3) is 4.15. The van der Waals surface area contributed by atoms with Crippen molar-refractivity contribution in [2.75, 3.05) is 5.01 Å². The lowest BCUT2D eigenvalue weighted by atomic mass is 9.80. The monoisotopic (exact) mass is 441 g/mol. The van der Waals surface area contributed by atoms with Crippen molar-refractivity contribution in [2.45, 2.75) is 19.4 Å². The molecule has 2 heterocycles. The minimum absolute atomic E-state index is 0.154. The van der Waals surface area contributed by atoms with Crippen LogP contribution in [0, 0.1) is 11.8 Å². The fourth-order valence-electron chi connectivity index (χ4n) is 4.24. The van der Waals surface area contributed by atoms with Gasteiger partial charge in [-0.05, 0) is 54.8 Å². The Morgan fingerprint density at radius 1 is 1.00 bits per heavy atom. The standard InChI is InChI=1S/C25H23N5O3/c31-23(26-16-17-9-11-19(12-10-17)29-14-4-13-27-29)18-5-3-6-20(15-18)30-25(33)22-8-2-1-7-21(22)24(32)28-30/h1-6,9-15,21-22H,7-8,16H2,(H,26,31)(H,28,32). The number of rotatable bonds is 5. The third-order valence-electron chi connectivity index (χ3n) is 6.05. The third-order valence-corrected chi connectivity index (χ3v) is 6.05. The first-order valence-electron chi connectivity index (χ1n) is 10.9. The number of hydrazine groups is 1. The van der Waals surface area contributed by atoms with E-state index < -0.39 is 0 Å². The number of nitrogens with one attached hydrogen (secondary N) is 2. The SMILES string of the molecule is O=C(NCc1ccc(-n2cccn2)cc1)c1cccc(N2NC(=O)C3CC=CCC3C2=O)c1. The average molecular weight is 441 g/mol. The highest BCUT2D eigenvalue weighted by Crippen LogP contribution is 2.32. The van der Waals surface area contributed by atoms with Crippen LogP contribution in [0.3, 0.4) is 0 Å². The Kier molecular flexibility index (Phi) is 5.48. The summed E-state index contributed by atoms with van der Waals surface area (Å²) in [4.78, 5) is 38.2. The molecule has 0 bridgehead atoms. The van der Waals surface area contributed by atoms with Gasteiger partial charge in [-0.2, -0.15) is 5.10 Å². The van der Waals surface area contributed by atoms with Gasteiger partial charge in [0.2, 0.25) is 11.8 Å². The smallest absolute Gasteiger partial charge is 0.251 e. The quantitative estimate of drug-likeness (QED) is 0.595. The Morgan fingerprint density at radius 2 is 1.79 bits per heavy atom. The molecule has 2 N–H and O–H groups in total. The van der Waals surface area contributed by atoms with Gasteiger partial charge in [-0.1, -0.05) is 30.4 Å². The summed E-state index contributed by atoms with van der Waals surface area (Å²) in [6.45, 7) is 0.359. The van der Waals surface area contributed by atoms with Gasteiger partial charge in [-0.25, -0.2) is 9.69 Å². The van der Waals surface area contributed by atoms with E-state index in [0.717, 1.165) is 11.3 Å². The molecule has 8 heteroatoms. The van der Waals surface area contributed by atoms with E-state index in [2.05, 4.69) is 15.8 Å². The lowest BCUT2D eigenvalue weighted by molar-refractivity contribution is -0.139. The van der Waals surface area contributed by atoms with Gasteiger partial charge < -0.3 is 5.32 Å². The van der Waals surface area contributed by atoms with Gasteiger partial charge in [0.15, 0.2) is 0 Å². The minimum atomic E-state index is -0.369. The highest BCUT2D eigenvalue weighted by Gasteiger charge is 2.42. The van der Waals surface area contributed by atoms with Gasteiger partial charge in [0, 0.05) is 24.5 Å². The molecule has 2 atom stereocenters. The number of amides is 3. The second kappa shape index (κ2) is 8.74. The highest BCUT2D eigenvalue weighted by atomic mass is 16.2. The first kappa shape index (κ1) is 20.7. The van der Waals surface area contributed by atoms with E-state index in [1.807, 2.05) is 48.7 Å². The lowest BCUT2D eigenvalue weighted by Crippen LogP contribution is -2.59. The predicted octanol–water partition coefficient (Wildman–Crippen LogP) is 2.76. The van der Waals surface area contributed by atoms with E-state index in [4.69, 9.17) is 0 Å². The minimum Gasteiger partial charge on any atom is -0.348 e. The van der Waals surface area contributed by atoms with Crippen molar-refractivity contribution in [3.8, 4) is 5.69 Å². The van der Waals surface area contributed by atoms with Crippen LogP contribution in [0.5, 0.6) is 0 Å². The molecule has 2 aromatic carbocycles. The Morgan fingerprint density at radius 3 is 2.55 bits per heavy atom. The molecule has 3 aromatic rings. The molecule has 2 unspecified atom stereocenters. The fourth-order valence-corrected chi connectivity index (χ4v) is 4.24. The number of carbonyl (C=O) groups is 3. The second-order valence-corrected chi connectivity index (χ2v) is 8.16. The van der Waals surface area contributed by atoms with Gasteiger partial charge in [-0.15, -0.1) is 0 Å². The van der Waals surface area contributed by atoms with Crippen LogP contribution >= 0.6 is 0 Å². The van der Waals surface area contributed by atoms with Crippen LogP contribution in [-0.4, -0.2) is 27.5 Å². The topological polar surface area (TPSA) is 96.3 Å². The molecule has 1 fully saturated rings. The summed E-state index contributed by atoms with van der Waals surface area (Å²) in [5.41, 5.74) is 5.46. The van der Waals surface area contributed by atoms with Crippen LogP contribution in [0.15, 0.2) is 79.1 Å². The summed E-state index contributed by atoms with van der Waals surface area (Å²) in [6.07, 6.45) is 8.59. The number of carbonyl (C=O) groups excluding carboxylic acids is 3. The first-order chi connectivity index (χ1) is 16.1. The van der Waals surface area contributed by atoms with Gasteiger partial charge in [0.1, 0.15) is 0 Å². The molecule has 1 saturated heterocycles. The average Bonchev–Trinajstić information content (AvgIpc) is 3.40. The lowest BCUT2D eigenvalue weighted by Gasteiger charge is -2.38. The van der Waals surface area contributed by atoms with Crippen molar-refractivity contribution in [3.63, 3.8) is 0 Å². The molecule has 1 aliphatic carbocycles. The van der Waals surface area contributed by atoms with E-state index in [-0.39, 0.29) is 29.6 Å². The Labute approximate surface area is 190 Å². The number of anilines is 1. The van der Waals surface area contributed by atoms with Gasteiger partial charge in [0.05, 0.1) is 23.2 Å². The molecule has 3 amide bonds. The maximum atomic E-state index is 13.0. The van der Waals surface area contributed by atoms with Crippen molar-refractivity contribution in [2.24, 2.45) is 11.8 Å². The van der Waals surface area contributed by atoms with E-state index in [1.54, 1.807) is 35.1 Å². The first-order valence-corrected chi connectivity index (χ1v) is 10.9. The normalized spacial score (nSPS) is 19.7. The van der Waals surface area contributed by atoms with Crippen molar-refractivity contribution >= 4 is 23.4 Å². The van der Waals surface area contributed by atoms with Crippen LogP contribution in [0.2, 0.25) is 0 Å². The Bertz CT molecular complexity index is 1220. The van der Waals surface area contributed by atoms with Gasteiger partial charge in [-0.3, -0.25) is 19.8 Å². The van der Waals surface area contributed by atoms with Crippen molar-refractivity contribution < 1.29 is 14.4 Å². The maximum Gasteiger partial charge on any atom is 0.251 e. The van der Waals surface area contributed by atoms with Crippen LogP contribution in [0.4, 0.5) is 5.69 Å². The van der Waals surface area contributed by atoms with E-state index >= 15 is 0 Å². The van der Waals surface area contributed by atoms with Crippen molar-refractivity contribution in [1.82, 2.24) is 20.5 Å². The van der Waals surface area contributed by atoms with E-state index in [0.29, 0.717) is 30.6 Å². The summed E-state index contributed by atoms with van der Waals surface area (Å²) >= 11 is 0. The molecule has 0 saturated carbocycles. The molecule has 1 aromatic heterocycles. The molecule has 5 rings (SSSR count). The van der Waals surface area contributed by atoms with Crippen LogP contribution in [-0.2, 0) is 16.1 Å². The molecule has 0 radical (unpaired) electrons. The molecule has 33 heavy (non-hydrogen) atoms. The second-order valence-electron chi connectivity index (χ2n) is 8.16. The Hall–Kier alpha value is -4.20. The zero-order valence-corrected chi connectivity index (χ0v) is 17.8.